The Kier molecular flexibility index (Phi) is 8.40. The number of aliphatic carboxylic acids is 2. The second-order valence-electron chi connectivity index (χ2n) is 5.29. The Balaban J connectivity index is 3.06. The standard InChI is InChI=1S/C15H21N2O8P/c1-25-26(23,24)17-12(9-10-5-3-2-4-6-10)14(20)16-11(15(21)22)7-8-13(18)19/h2-6,11-12H,7-9H2,1H3,(H,16,20)(H,18,19)(H,21,22)(H2,17,23,24)/p-3/t11-,12-/m0/s1. The molecule has 144 valence electrons. The minimum Gasteiger partial charge on any atom is -0.861 e. The second-order valence-corrected chi connectivity index (χ2v) is 6.95. The van der Waals surface area contributed by atoms with Crippen LogP contribution in [0.4, 0.5) is 0 Å². The Bertz CT molecular complexity index is 694. The molecule has 0 aliphatic heterocycles. The third-order valence-electron chi connectivity index (χ3n) is 3.32. The lowest BCUT2D eigenvalue weighted by Crippen LogP contribution is -2.46. The van der Waals surface area contributed by atoms with Crippen molar-refractivity contribution in [3.63, 3.8) is 0 Å². The Labute approximate surface area is 149 Å². The van der Waals surface area contributed by atoms with Gasteiger partial charge in [0, 0.05) is 19.1 Å². The molecule has 0 aliphatic rings. The molecule has 1 rings (SSSR count). The van der Waals surface area contributed by atoms with Gasteiger partial charge in [-0.2, -0.15) is 0 Å². The number of aliphatic imine (C=N–C) groups is 1. The Hall–Kier alpha value is -2.26. The van der Waals surface area contributed by atoms with Gasteiger partial charge in [-0.05, 0) is 30.7 Å². The normalized spacial score (nSPS) is 16.5. The molecule has 10 nitrogen and oxygen atoms in total. The minimum absolute atomic E-state index is 0.0721. The third kappa shape index (κ3) is 7.75. The zero-order valence-corrected chi connectivity index (χ0v) is 14.8. The number of rotatable bonds is 11. The molecule has 0 fully saturated rings. The summed E-state index contributed by atoms with van der Waals surface area (Å²) in [4.78, 5) is 34.5. The van der Waals surface area contributed by atoms with Crippen LogP contribution < -0.4 is 20.4 Å². The highest BCUT2D eigenvalue weighted by Gasteiger charge is 2.24. The molecule has 0 aromatic heterocycles. The molecular weight excluding hydrogens is 367 g/mol. The molecule has 0 amide bonds. The summed E-state index contributed by atoms with van der Waals surface area (Å²) < 4.78 is 16.1. The summed E-state index contributed by atoms with van der Waals surface area (Å²) in [5.41, 5.74) is 0.615. The van der Waals surface area contributed by atoms with Crippen LogP contribution in [0.25, 0.3) is 0 Å². The van der Waals surface area contributed by atoms with Crippen molar-refractivity contribution in [3.8, 4) is 0 Å². The van der Waals surface area contributed by atoms with Gasteiger partial charge in [0.15, 0.2) is 0 Å². The van der Waals surface area contributed by atoms with Crippen LogP contribution in [0.1, 0.15) is 18.4 Å². The minimum atomic E-state index is -4.32. The molecule has 0 heterocycles. The Morgan fingerprint density at radius 1 is 1.27 bits per heavy atom. The smallest absolute Gasteiger partial charge is 0.403 e. The van der Waals surface area contributed by atoms with Gasteiger partial charge < -0.3 is 34.3 Å². The molecule has 1 unspecified atom stereocenters. The Morgan fingerprint density at radius 2 is 1.88 bits per heavy atom. The largest absolute Gasteiger partial charge is 0.861 e. The summed E-state index contributed by atoms with van der Waals surface area (Å²) in [6.07, 6.45) is -1.21. The van der Waals surface area contributed by atoms with Crippen LogP contribution in [0.3, 0.4) is 0 Å². The first-order chi connectivity index (χ1) is 12.1. The third-order valence-corrected chi connectivity index (χ3v) is 4.46. The van der Waals surface area contributed by atoms with Gasteiger partial charge >= 0.3 is 7.75 Å². The van der Waals surface area contributed by atoms with E-state index >= 15 is 0 Å². The monoisotopic (exact) mass is 385 g/mol. The summed E-state index contributed by atoms with van der Waals surface area (Å²) in [6.45, 7) is 0. The molecule has 0 saturated carbocycles. The van der Waals surface area contributed by atoms with Crippen molar-refractivity contribution in [3.05, 3.63) is 35.9 Å². The SMILES string of the molecule is COP(=O)(O)N[C@@H](Cc1ccccc1)C([O-])=N[C@@H](CCC(=O)[O-])C(=O)[O-]. The van der Waals surface area contributed by atoms with E-state index in [-0.39, 0.29) is 6.42 Å². The number of hydrogen-bond acceptors (Lipinski definition) is 8. The maximum Gasteiger partial charge on any atom is 0.403 e. The maximum atomic E-state index is 12.3. The molecule has 0 bridgehead atoms. The highest BCUT2D eigenvalue weighted by atomic mass is 31.2. The molecule has 0 aliphatic carbocycles. The van der Waals surface area contributed by atoms with Crippen LogP contribution in [-0.4, -0.2) is 41.9 Å². The first kappa shape index (κ1) is 21.8. The van der Waals surface area contributed by atoms with Gasteiger partial charge in [-0.1, -0.05) is 30.3 Å². The summed E-state index contributed by atoms with van der Waals surface area (Å²) in [5, 5.41) is 35.9. The summed E-state index contributed by atoms with van der Waals surface area (Å²) in [6, 6.07) is 5.33. The van der Waals surface area contributed by atoms with E-state index in [9.17, 15) is 34.4 Å². The number of benzene rings is 1. The molecule has 11 heteroatoms. The fourth-order valence-electron chi connectivity index (χ4n) is 2.02. The predicted octanol–water partition coefficient (Wildman–Crippen LogP) is -2.66. The zero-order valence-electron chi connectivity index (χ0n) is 13.9. The number of carboxylic acid groups (broad SMARTS) is 2. The number of carboxylic acids is 2. The second kappa shape index (κ2) is 10.0. The Morgan fingerprint density at radius 3 is 2.38 bits per heavy atom. The number of carbonyl (C=O) groups is 2. The van der Waals surface area contributed by atoms with Gasteiger partial charge in [0.1, 0.15) is 0 Å². The molecule has 2 N–H and O–H groups in total. The van der Waals surface area contributed by atoms with Crippen LogP contribution in [0, 0.1) is 0 Å². The van der Waals surface area contributed by atoms with Crippen molar-refractivity contribution in [1.29, 1.82) is 0 Å². The van der Waals surface area contributed by atoms with E-state index < -0.39 is 50.5 Å². The average Bonchev–Trinajstić information content (AvgIpc) is 2.58. The summed E-state index contributed by atoms with van der Waals surface area (Å²) >= 11 is 0. The summed E-state index contributed by atoms with van der Waals surface area (Å²) in [7, 11) is -3.36. The molecule has 1 aromatic rings. The van der Waals surface area contributed by atoms with Crippen LogP contribution in [0.5, 0.6) is 0 Å². The lowest BCUT2D eigenvalue weighted by molar-refractivity contribution is -0.309. The number of hydrogen-bond donors (Lipinski definition) is 2. The van der Waals surface area contributed by atoms with E-state index in [1.54, 1.807) is 30.3 Å². The van der Waals surface area contributed by atoms with E-state index in [1.807, 2.05) is 0 Å². The van der Waals surface area contributed by atoms with Gasteiger partial charge in [-0.25, -0.2) is 9.65 Å². The molecule has 26 heavy (non-hydrogen) atoms. The number of nitrogens with one attached hydrogen (secondary N) is 1. The fourth-order valence-corrected chi connectivity index (χ4v) is 2.72. The van der Waals surface area contributed by atoms with E-state index in [1.165, 1.54) is 0 Å². The van der Waals surface area contributed by atoms with E-state index in [0.29, 0.717) is 5.56 Å². The molecule has 3 atom stereocenters. The maximum absolute atomic E-state index is 12.3. The predicted molar refractivity (Wildman–Crippen MR) is 84.4 cm³/mol. The van der Waals surface area contributed by atoms with E-state index in [4.69, 9.17) is 0 Å². The van der Waals surface area contributed by atoms with Gasteiger partial charge in [0.05, 0.1) is 12.0 Å². The van der Waals surface area contributed by atoms with Crippen LogP contribution >= 0.6 is 7.75 Å². The van der Waals surface area contributed by atoms with Crippen molar-refractivity contribution in [2.75, 3.05) is 7.11 Å². The van der Waals surface area contributed by atoms with E-state index in [2.05, 4.69) is 14.6 Å². The molecular formula is C15H18N2O8P-3. The molecule has 0 spiro atoms. The zero-order chi connectivity index (χ0) is 19.7. The number of nitrogens with zero attached hydrogens (tertiary/aromatic N) is 1. The summed E-state index contributed by atoms with van der Waals surface area (Å²) in [5.74, 6) is -4.29. The number of carbonyl (C=O) groups excluding carboxylic acids is 2. The first-order valence-corrected chi connectivity index (χ1v) is 9.08. The molecule has 1 aromatic carbocycles. The van der Waals surface area contributed by atoms with Crippen LogP contribution in [0.15, 0.2) is 35.3 Å². The fraction of sp³-hybridized carbons (Fsp3) is 0.400. The highest BCUT2D eigenvalue weighted by molar-refractivity contribution is 7.50. The van der Waals surface area contributed by atoms with Gasteiger partial charge in [-0.15, -0.1) is 0 Å². The first-order valence-electron chi connectivity index (χ1n) is 7.50. The highest BCUT2D eigenvalue weighted by Crippen LogP contribution is 2.36. The van der Waals surface area contributed by atoms with Crippen molar-refractivity contribution >= 4 is 25.6 Å². The van der Waals surface area contributed by atoms with Crippen molar-refractivity contribution in [2.45, 2.75) is 31.3 Å². The lowest BCUT2D eigenvalue weighted by Gasteiger charge is -2.28. The quantitative estimate of drug-likeness (QED) is 0.234. The van der Waals surface area contributed by atoms with Gasteiger partial charge in [0.2, 0.25) is 0 Å². The topological polar surface area (TPSA) is 174 Å². The van der Waals surface area contributed by atoms with Crippen LogP contribution in [-0.2, 0) is 25.1 Å². The van der Waals surface area contributed by atoms with Gasteiger partial charge in [-0.3, -0.25) is 4.99 Å². The van der Waals surface area contributed by atoms with Gasteiger partial charge in [0.25, 0.3) is 0 Å². The van der Waals surface area contributed by atoms with E-state index in [0.717, 1.165) is 7.11 Å². The average molecular weight is 385 g/mol. The van der Waals surface area contributed by atoms with Crippen molar-refractivity contribution in [2.24, 2.45) is 4.99 Å². The van der Waals surface area contributed by atoms with Crippen LogP contribution in [0.2, 0.25) is 0 Å². The molecule has 0 saturated heterocycles. The van der Waals surface area contributed by atoms with Crippen molar-refractivity contribution < 1.29 is 38.9 Å². The lowest BCUT2D eigenvalue weighted by atomic mass is 10.1. The van der Waals surface area contributed by atoms with Crippen molar-refractivity contribution in [1.82, 2.24) is 5.09 Å². The molecule has 0 radical (unpaired) electrons.